The second-order valence-corrected chi connectivity index (χ2v) is 6.53. The molecule has 1 aromatic rings. The molecule has 2 rings (SSSR count). The van der Waals surface area contributed by atoms with Crippen molar-refractivity contribution in [1.82, 2.24) is 10.3 Å². The number of aromatic carboxylic acids is 1. The maximum Gasteiger partial charge on any atom is 0.355 e. The van der Waals surface area contributed by atoms with E-state index in [1.165, 1.54) is 29.6 Å². The van der Waals surface area contributed by atoms with Crippen LogP contribution in [0.15, 0.2) is 5.38 Å². The van der Waals surface area contributed by atoms with E-state index in [4.69, 9.17) is 5.11 Å². The monoisotopic (exact) mass is 296 g/mol. The van der Waals surface area contributed by atoms with Gasteiger partial charge < -0.3 is 10.4 Å². The molecule has 1 saturated carbocycles. The van der Waals surface area contributed by atoms with Crippen LogP contribution in [0.4, 0.5) is 0 Å². The first-order valence-electron chi connectivity index (χ1n) is 6.97. The van der Waals surface area contributed by atoms with Crippen molar-refractivity contribution in [3.05, 3.63) is 16.1 Å². The number of amides is 1. The molecule has 1 aliphatic carbocycles. The molecule has 110 valence electrons. The average Bonchev–Trinajstić information content (AvgIpc) is 2.78. The van der Waals surface area contributed by atoms with E-state index >= 15 is 0 Å². The van der Waals surface area contributed by atoms with Crippen LogP contribution in [-0.4, -0.2) is 22.0 Å². The van der Waals surface area contributed by atoms with E-state index in [0.717, 1.165) is 25.7 Å². The van der Waals surface area contributed by atoms with Gasteiger partial charge in [-0.25, -0.2) is 9.78 Å². The molecule has 0 atom stereocenters. The second-order valence-electron chi connectivity index (χ2n) is 5.59. The molecule has 0 saturated heterocycles. The van der Waals surface area contributed by atoms with E-state index in [1.54, 1.807) is 0 Å². The average molecular weight is 296 g/mol. The Morgan fingerprint density at radius 3 is 2.55 bits per heavy atom. The lowest BCUT2D eigenvalue weighted by Crippen LogP contribution is -2.38. The zero-order valence-corrected chi connectivity index (χ0v) is 12.5. The van der Waals surface area contributed by atoms with E-state index in [9.17, 15) is 9.59 Å². The van der Waals surface area contributed by atoms with Gasteiger partial charge in [0.15, 0.2) is 5.69 Å². The van der Waals surface area contributed by atoms with Gasteiger partial charge in [-0.2, -0.15) is 0 Å². The van der Waals surface area contributed by atoms with Crippen molar-refractivity contribution in [2.45, 2.75) is 52.0 Å². The van der Waals surface area contributed by atoms with Crippen LogP contribution in [0, 0.1) is 5.41 Å². The summed E-state index contributed by atoms with van der Waals surface area (Å²) < 4.78 is 0. The lowest BCUT2D eigenvalue weighted by molar-refractivity contribution is -0.131. The molecule has 2 N–H and O–H groups in total. The van der Waals surface area contributed by atoms with Gasteiger partial charge in [-0.15, -0.1) is 11.3 Å². The number of aromatic nitrogens is 1. The molecular formula is C14H20N2O3S. The first kappa shape index (κ1) is 15.0. The number of rotatable bonds is 4. The standard InChI is InChI=1S/C14H20N2O3S/c1-14(6-4-2-3-5-7-14)13(19)15-8-11-16-10(9-20-11)12(17)18/h9H,2-8H2,1H3,(H,15,19)(H,17,18). The number of thiazole rings is 1. The summed E-state index contributed by atoms with van der Waals surface area (Å²) in [6, 6.07) is 0. The van der Waals surface area contributed by atoms with E-state index in [1.807, 2.05) is 6.92 Å². The highest BCUT2D eigenvalue weighted by Gasteiger charge is 2.33. The lowest BCUT2D eigenvalue weighted by atomic mass is 9.81. The van der Waals surface area contributed by atoms with E-state index in [0.29, 0.717) is 11.6 Å². The van der Waals surface area contributed by atoms with Gasteiger partial charge >= 0.3 is 5.97 Å². The maximum absolute atomic E-state index is 12.3. The van der Waals surface area contributed by atoms with Crippen molar-refractivity contribution in [3.63, 3.8) is 0 Å². The molecule has 0 aliphatic heterocycles. The number of nitrogens with one attached hydrogen (secondary N) is 1. The molecule has 1 aromatic heterocycles. The molecule has 6 heteroatoms. The van der Waals surface area contributed by atoms with E-state index in [-0.39, 0.29) is 17.0 Å². The fourth-order valence-corrected chi connectivity index (χ4v) is 3.30. The number of hydrogen-bond donors (Lipinski definition) is 2. The van der Waals surface area contributed by atoms with Crippen LogP contribution in [0.2, 0.25) is 0 Å². The maximum atomic E-state index is 12.3. The Balaban J connectivity index is 1.91. The quantitative estimate of drug-likeness (QED) is 0.837. The molecule has 1 amide bonds. The minimum atomic E-state index is -1.03. The summed E-state index contributed by atoms with van der Waals surface area (Å²) >= 11 is 1.26. The molecule has 1 fully saturated rings. The minimum Gasteiger partial charge on any atom is -0.476 e. The van der Waals surface area contributed by atoms with Crippen LogP contribution < -0.4 is 5.32 Å². The molecular weight excluding hydrogens is 276 g/mol. The number of carboxylic acids is 1. The van der Waals surface area contributed by atoms with Gasteiger partial charge in [0.05, 0.1) is 6.54 Å². The molecule has 1 aliphatic rings. The molecule has 0 spiro atoms. The third kappa shape index (κ3) is 3.56. The predicted octanol–water partition coefficient (Wildman–Crippen LogP) is 2.82. The van der Waals surface area contributed by atoms with Crippen molar-refractivity contribution in [2.24, 2.45) is 5.41 Å². The van der Waals surface area contributed by atoms with Crippen molar-refractivity contribution in [2.75, 3.05) is 0 Å². The normalized spacial score (nSPS) is 18.2. The lowest BCUT2D eigenvalue weighted by Gasteiger charge is -2.26. The topological polar surface area (TPSA) is 79.3 Å². The van der Waals surface area contributed by atoms with Crippen LogP contribution in [0.1, 0.15) is 60.9 Å². The van der Waals surface area contributed by atoms with Crippen molar-refractivity contribution >= 4 is 23.2 Å². The first-order chi connectivity index (χ1) is 9.51. The highest BCUT2D eigenvalue weighted by molar-refractivity contribution is 7.09. The molecule has 0 unspecified atom stereocenters. The van der Waals surface area contributed by atoms with Crippen LogP contribution in [0.25, 0.3) is 0 Å². The van der Waals surface area contributed by atoms with Crippen molar-refractivity contribution in [1.29, 1.82) is 0 Å². The van der Waals surface area contributed by atoms with Crippen LogP contribution >= 0.6 is 11.3 Å². The summed E-state index contributed by atoms with van der Waals surface area (Å²) in [7, 11) is 0. The number of carbonyl (C=O) groups is 2. The van der Waals surface area contributed by atoms with Gasteiger partial charge in [0, 0.05) is 10.8 Å². The summed E-state index contributed by atoms with van der Waals surface area (Å²) in [6.45, 7) is 2.34. The summed E-state index contributed by atoms with van der Waals surface area (Å²) in [5.41, 5.74) is -0.247. The van der Waals surface area contributed by atoms with Gasteiger partial charge in [-0.1, -0.05) is 32.6 Å². The van der Waals surface area contributed by atoms with Crippen LogP contribution in [0.5, 0.6) is 0 Å². The predicted molar refractivity (Wildman–Crippen MR) is 76.7 cm³/mol. The number of carboxylic acid groups (broad SMARTS) is 1. The minimum absolute atomic E-state index is 0.0416. The largest absolute Gasteiger partial charge is 0.476 e. The smallest absolute Gasteiger partial charge is 0.355 e. The highest BCUT2D eigenvalue weighted by atomic mass is 32.1. The van der Waals surface area contributed by atoms with Crippen LogP contribution in [0.3, 0.4) is 0 Å². The Morgan fingerprint density at radius 1 is 1.35 bits per heavy atom. The summed E-state index contributed by atoms with van der Waals surface area (Å²) in [4.78, 5) is 27.1. The Hall–Kier alpha value is -1.43. The van der Waals surface area contributed by atoms with E-state index < -0.39 is 5.97 Å². The summed E-state index contributed by atoms with van der Waals surface area (Å²) in [5, 5.41) is 13.8. The Labute approximate surface area is 122 Å². The Kier molecular flexibility index (Phi) is 4.75. The third-order valence-electron chi connectivity index (χ3n) is 3.93. The van der Waals surface area contributed by atoms with Crippen molar-refractivity contribution < 1.29 is 14.7 Å². The zero-order chi connectivity index (χ0) is 14.6. The number of hydrogen-bond acceptors (Lipinski definition) is 4. The second kappa shape index (κ2) is 6.35. The summed E-state index contributed by atoms with van der Waals surface area (Å²) in [5.74, 6) is -0.971. The Morgan fingerprint density at radius 2 is 2.00 bits per heavy atom. The Bertz CT molecular complexity index is 490. The molecule has 1 heterocycles. The zero-order valence-electron chi connectivity index (χ0n) is 11.6. The highest BCUT2D eigenvalue weighted by Crippen LogP contribution is 2.34. The van der Waals surface area contributed by atoms with Gasteiger partial charge in [0.2, 0.25) is 5.91 Å². The third-order valence-corrected chi connectivity index (χ3v) is 4.78. The SMILES string of the molecule is CC1(C(=O)NCc2nc(C(=O)O)cs2)CCCCCC1. The van der Waals surface area contributed by atoms with Gasteiger partial charge in [0.25, 0.3) is 0 Å². The summed E-state index contributed by atoms with van der Waals surface area (Å²) in [6.07, 6.45) is 6.47. The molecule has 5 nitrogen and oxygen atoms in total. The fraction of sp³-hybridized carbons (Fsp3) is 0.643. The van der Waals surface area contributed by atoms with Gasteiger partial charge in [-0.05, 0) is 12.8 Å². The molecule has 0 aromatic carbocycles. The van der Waals surface area contributed by atoms with Gasteiger partial charge in [0.1, 0.15) is 5.01 Å². The fourth-order valence-electron chi connectivity index (χ4n) is 2.60. The van der Waals surface area contributed by atoms with Crippen molar-refractivity contribution in [3.8, 4) is 0 Å². The molecule has 20 heavy (non-hydrogen) atoms. The number of nitrogens with zero attached hydrogens (tertiary/aromatic N) is 1. The molecule has 0 radical (unpaired) electrons. The number of carbonyl (C=O) groups excluding carboxylic acids is 1. The van der Waals surface area contributed by atoms with E-state index in [2.05, 4.69) is 10.3 Å². The first-order valence-corrected chi connectivity index (χ1v) is 7.85. The molecule has 0 bridgehead atoms. The van der Waals surface area contributed by atoms with Crippen LogP contribution in [-0.2, 0) is 11.3 Å². The van der Waals surface area contributed by atoms with Gasteiger partial charge in [-0.3, -0.25) is 4.79 Å².